The third kappa shape index (κ3) is 15.8. The number of carboxylic acid groups (broad SMARTS) is 2. The van der Waals surface area contributed by atoms with Gasteiger partial charge in [0.05, 0.1) is 46.4 Å². The van der Waals surface area contributed by atoms with Crippen LogP contribution in [0.1, 0.15) is 104 Å². The highest BCUT2D eigenvalue weighted by atomic mass is 35.5. The number of ether oxygens (including phenoxy) is 4. The number of hydrogen-bond acceptors (Lipinski definition) is 13. The average Bonchev–Trinajstić information content (AvgIpc) is 3.33. The van der Waals surface area contributed by atoms with Crippen LogP contribution in [0.4, 0.5) is 8.78 Å². The molecule has 418 valence electrons. The number of halogens is 4. The Morgan fingerprint density at radius 2 is 1.14 bits per heavy atom. The number of primary sulfonamides is 1. The van der Waals surface area contributed by atoms with Crippen molar-refractivity contribution in [2.75, 3.05) is 39.0 Å². The summed E-state index contributed by atoms with van der Waals surface area (Å²) < 4.78 is 106. The number of rotatable bonds is 22. The van der Waals surface area contributed by atoms with Crippen LogP contribution in [-0.2, 0) is 42.4 Å². The first-order chi connectivity index (χ1) is 35.9. The second-order valence-corrected chi connectivity index (χ2v) is 23.7. The Morgan fingerprint density at radius 3 is 1.52 bits per heavy atom. The Hall–Kier alpha value is -6.02. The Kier molecular flexibility index (Phi) is 20.6. The molecule has 0 aliphatic carbocycles. The van der Waals surface area contributed by atoms with E-state index in [0.717, 1.165) is 6.20 Å². The first-order valence-electron chi connectivity index (χ1n) is 23.6. The highest BCUT2D eigenvalue weighted by Gasteiger charge is 2.27. The lowest BCUT2D eigenvalue weighted by molar-refractivity contribution is -0.0457. The van der Waals surface area contributed by atoms with E-state index in [1.165, 1.54) is 72.5 Å². The number of hydrogen-bond donors (Lipinski definition) is 5. The first-order valence-corrected chi connectivity index (χ1v) is 27.7. The van der Waals surface area contributed by atoms with Crippen molar-refractivity contribution in [2.45, 2.75) is 78.9 Å². The number of carboxylic acids is 2. The minimum absolute atomic E-state index is 0.00448. The van der Waals surface area contributed by atoms with Gasteiger partial charge >= 0.3 is 11.9 Å². The lowest BCUT2D eigenvalue weighted by Crippen LogP contribution is -2.42. The number of nitrogens with two attached hydrogens (primary N) is 1. The summed E-state index contributed by atoms with van der Waals surface area (Å²) in [4.78, 5) is 50.3. The van der Waals surface area contributed by atoms with Crippen LogP contribution in [0, 0.1) is 23.5 Å². The summed E-state index contributed by atoms with van der Waals surface area (Å²) in [5, 5.41) is 34.3. The van der Waals surface area contributed by atoms with E-state index >= 15 is 0 Å². The number of nitrogens with zero attached hydrogens (tertiary/aromatic N) is 2. The molecule has 0 amide bonds. The molecule has 19 nitrogen and oxygen atoms in total. The number of benzene rings is 4. The quantitative estimate of drug-likeness (QED) is 0.0320. The van der Waals surface area contributed by atoms with Crippen molar-refractivity contribution in [3.8, 4) is 11.5 Å². The molecule has 6 N–H and O–H groups in total. The lowest BCUT2D eigenvalue weighted by atomic mass is 9.98. The normalized spacial score (nSPS) is 12.9. The van der Waals surface area contributed by atoms with Gasteiger partial charge in [0.15, 0.2) is 0 Å². The highest BCUT2D eigenvalue weighted by molar-refractivity contribution is 7.89. The van der Waals surface area contributed by atoms with Crippen molar-refractivity contribution >= 4 is 77.0 Å². The first kappa shape index (κ1) is 61.8. The summed E-state index contributed by atoms with van der Waals surface area (Å²) in [6.07, 6.45) is 2.11. The van der Waals surface area contributed by atoms with Gasteiger partial charge in [-0.2, -0.15) is 0 Å². The number of aromatic nitrogens is 2. The summed E-state index contributed by atoms with van der Waals surface area (Å²) in [7, 11) is -6.51. The fourth-order valence-electron chi connectivity index (χ4n) is 8.27. The molecule has 6 aromatic rings. The summed E-state index contributed by atoms with van der Waals surface area (Å²) in [5.41, 5.74) is -2.03. The van der Waals surface area contributed by atoms with Crippen molar-refractivity contribution in [3.63, 3.8) is 0 Å². The Labute approximate surface area is 453 Å². The van der Waals surface area contributed by atoms with Gasteiger partial charge in [0.2, 0.25) is 42.8 Å². The van der Waals surface area contributed by atoms with Crippen molar-refractivity contribution in [1.29, 1.82) is 0 Å². The summed E-state index contributed by atoms with van der Waals surface area (Å²) >= 11 is 11.9. The van der Waals surface area contributed by atoms with Gasteiger partial charge in [0.1, 0.15) is 41.1 Å². The fraction of sp³-hybridized carbons (Fsp3) is 0.385. The third-order valence-electron chi connectivity index (χ3n) is 11.9. The minimum atomic E-state index is -4.05. The molecule has 0 spiro atoms. The van der Waals surface area contributed by atoms with E-state index in [9.17, 15) is 60.1 Å². The van der Waals surface area contributed by atoms with Crippen LogP contribution < -0.4 is 30.2 Å². The van der Waals surface area contributed by atoms with Gasteiger partial charge in [0, 0.05) is 60.8 Å². The predicted octanol–water partition coefficient (Wildman–Crippen LogP) is 7.85. The van der Waals surface area contributed by atoms with E-state index in [-0.39, 0.29) is 110 Å². The maximum Gasteiger partial charge on any atom is 0.341 e. The molecule has 0 bridgehead atoms. The summed E-state index contributed by atoms with van der Waals surface area (Å²) in [6.45, 7) is 12.2. The molecule has 2 aromatic heterocycles. The number of fused-ring (bicyclic) bond motifs is 2. The maximum absolute atomic E-state index is 14.9. The van der Waals surface area contributed by atoms with Gasteiger partial charge in [0.25, 0.3) is 0 Å². The molecule has 0 radical (unpaired) electrons. The number of sulfonamides is 2. The molecule has 0 fully saturated rings. The van der Waals surface area contributed by atoms with Crippen LogP contribution in [0.2, 0.25) is 10.0 Å². The number of aromatic carboxylic acids is 2. The van der Waals surface area contributed by atoms with Gasteiger partial charge in [-0.05, 0) is 79.1 Å². The smallest absolute Gasteiger partial charge is 0.341 e. The van der Waals surface area contributed by atoms with E-state index in [2.05, 4.69) is 4.72 Å². The number of nitrogens with one attached hydrogen (secondary N) is 1. The molecule has 0 saturated heterocycles. The van der Waals surface area contributed by atoms with Crippen LogP contribution in [0.25, 0.3) is 21.8 Å². The molecule has 2 atom stereocenters. The van der Waals surface area contributed by atoms with E-state index in [0.29, 0.717) is 0 Å². The van der Waals surface area contributed by atoms with Crippen LogP contribution >= 0.6 is 23.2 Å². The predicted molar refractivity (Wildman–Crippen MR) is 287 cm³/mol. The van der Waals surface area contributed by atoms with E-state index in [4.69, 9.17) is 47.3 Å². The van der Waals surface area contributed by atoms with E-state index in [1.54, 1.807) is 45.3 Å². The number of methoxy groups -OCH3 is 1. The molecule has 2 heterocycles. The summed E-state index contributed by atoms with van der Waals surface area (Å²) in [5.74, 6) is -6.11. The van der Waals surface area contributed by atoms with Gasteiger partial charge < -0.3 is 43.4 Å². The van der Waals surface area contributed by atoms with Crippen molar-refractivity contribution < 1.29 is 69.5 Å². The molecule has 0 unspecified atom stereocenters. The fourth-order valence-corrected chi connectivity index (χ4v) is 10.2. The molecule has 77 heavy (non-hydrogen) atoms. The molecule has 0 saturated carbocycles. The van der Waals surface area contributed by atoms with E-state index < -0.39 is 95.1 Å². The Balaban J connectivity index is 0.000000289. The number of pyridine rings is 2. The van der Waals surface area contributed by atoms with Gasteiger partial charge in [-0.1, -0.05) is 75.2 Å². The zero-order valence-electron chi connectivity index (χ0n) is 43.2. The van der Waals surface area contributed by atoms with E-state index in [1.807, 2.05) is 13.8 Å². The van der Waals surface area contributed by atoms with Gasteiger partial charge in [-0.15, -0.1) is 0 Å². The minimum Gasteiger partial charge on any atom is -0.477 e. The monoisotopic (exact) mass is 1150 g/mol. The largest absolute Gasteiger partial charge is 0.477 e. The Morgan fingerprint density at radius 1 is 0.714 bits per heavy atom. The average molecular weight is 1150 g/mol. The summed E-state index contributed by atoms with van der Waals surface area (Å²) in [6, 6.07) is 13.3. The number of aliphatic hydroxyl groups excluding tert-OH is 1. The molecular weight excluding hydrogens is 1090 g/mol. The molecule has 6 rings (SSSR count). The SMILES string of the molecule is CC(C)[C@@H](CO)n1cc(C(=O)O)c(=O)c2cc(Cc3cccc(Cl)c3F)c(OCS(N)(=O)=O)cc21.COCOC[C@H](C(C)C)n1cc(C(=O)O)c(=O)c2cc(Cc3cccc(Cl)c3F)c(OCS(=O)(=O)NC(C)(C)C)cc21. The lowest BCUT2D eigenvalue weighted by Gasteiger charge is -2.27. The van der Waals surface area contributed by atoms with Crippen molar-refractivity contribution in [1.82, 2.24) is 13.9 Å². The zero-order chi connectivity index (χ0) is 57.5. The number of aliphatic hydroxyl groups is 1. The second kappa shape index (κ2) is 25.6. The van der Waals surface area contributed by atoms with Crippen LogP contribution in [0.5, 0.6) is 11.5 Å². The third-order valence-corrected chi connectivity index (χ3v) is 14.2. The number of carbonyl (C=O) groups is 2. The van der Waals surface area contributed by atoms with Crippen LogP contribution in [0.3, 0.4) is 0 Å². The Bertz CT molecular complexity index is 3530. The standard InChI is InChI=1S/C29H36ClFN2O8S.C23H24ClFN2O7S/c1-17(2)24(14-40-15-39-6)33-13-21(28(35)36)27(34)20-11-19(10-18-8-7-9-22(30)26(18)31)25(12-23(20)33)41-16-42(37,38)32-29(3,4)5;1-12(2)19(10-28)27-9-16(23(30)31)22(29)15-7-14(6-13-4-3-5-17(24)21(13)25)20(8-18(15)27)34-11-35(26,32)33/h7-9,11-13,17,24,32H,10,14-16H2,1-6H3,(H,35,36);3-5,7-9,12,19,28H,6,10-11H2,1-2H3,(H,30,31)(H2,26,32,33)/t24-;19-/m11/s1. The van der Waals surface area contributed by atoms with Crippen LogP contribution in [0.15, 0.2) is 82.6 Å². The molecular formula is C52H60Cl2F2N4O15S2. The molecule has 0 aliphatic heterocycles. The van der Waals surface area contributed by atoms with Crippen molar-refractivity contribution in [3.05, 3.63) is 149 Å². The second-order valence-electron chi connectivity index (χ2n) is 19.6. The van der Waals surface area contributed by atoms with Crippen molar-refractivity contribution in [2.24, 2.45) is 17.0 Å². The van der Waals surface area contributed by atoms with Gasteiger partial charge in [-0.25, -0.2) is 45.1 Å². The van der Waals surface area contributed by atoms with Crippen LogP contribution in [-0.4, -0.2) is 97.8 Å². The molecule has 4 aromatic carbocycles. The highest BCUT2D eigenvalue weighted by Crippen LogP contribution is 2.34. The topological polar surface area (TPSA) is 282 Å². The maximum atomic E-state index is 14.9. The molecule has 25 heteroatoms. The van der Waals surface area contributed by atoms with Gasteiger partial charge in [-0.3, -0.25) is 9.59 Å². The zero-order valence-corrected chi connectivity index (χ0v) is 46.4. The molecule has 0 aliphatic rings.